The SMILES string of the molecule is CN(C(=O)CCc1ncc(-c2c(F)cccc2F)o1)c1ccccc1. The zero-order chi connectivity index (χ0) is 17.8. The lowest BCUT2D eigenvalue weighted by molar-refractivity contribution is -0.118. The molecule has 0 saturated carbocycles. The number of amides is 1. The van der Waals surface area contributed by atoms with E-state index in [4.69, 9.17) is 4.42 Å². The number of hydrogen-bond donors (Lipinski definition) is 0. The van der Waals surface area contributed by atoms with Crippen LogP contribution in [0.5, 0.6) is 0 Å². The molecule has 0 aliphatic carbocycles. The molecule has 128 valence electrons. The average molecular weight is 342 g/mol. The zero-order valence-corrected chi connectivity index (χ0v) is 13.6. The highest BCUT2D eigenvalue weighted by molar-refractivity contribution is 5.92. The van der Waals surface area contributed by atoms with Crippen LogP contribution in [0.2, 0.25) is 0 Å². The Labute approximate surface area is 143 Å². The summed E-state index contributed by atoms with van der Waals surface area (Å²) in [6.07, 6.45) is 1.68. The standard InChI is InChI=1S/C19H16F2N2O2/c1-23(13-6-3-2-4-7-13)18(24)11-10-17-22-12-16(25-17)19-14(20)8-5-9-15(19)21/h2-9,12H,10-11H2,1H3. The van der Waals surface area contributed by atoms with Crippen LogP contribution in [0, 0.1) is 11.6 Å². The first-order chi connectivity index (χ1) is 12.1. The first-order valence-corrected chi connectivity index (χ1v) is 7.77. The van der Waals surface area contributed by atoms with E-state index in [0.29, 0.717) is 0 Å². The number of benzene rings is 2. The third-order valence-corrected chi connectivity index (χ3v) is 3.83. The van der Waals surface area contributed by atoms with Gasteiger partial charge >= 0.3 is 0 Å². The average Bonchev–Trinajstić information content (AvgIpc) is 3.08. The van der Waals surface area contributed by atoms with Crippen LogP contribution in [-0.2, 0) is 11.2 Å². The van der Waals surface area contributed by atoms with Gasteiger partial charge in [-0.2, -0.15) is 0 Å². The fourth-order valence-electron chi connectivity index (χ4n) is 2.45. The van der Waals surface area contributed by atoms with Crippen molar-refractivity contribution in [2.75, 3.05) is 11.9 Å². The van der Waals surface area contributed by atoms with Crippen molar-refractivity contribution in [2.45, 2.75) is 12.8 Å². The van der Waals surface area contributed by atoms with Crippen molar-refractivity contribution >= 4 is 11.6 Å². The number of hydrogen-bond acceptors (Lipinski definition) is 3. The van der Waals surface area contributed by atoms with Crippen molar-refractivity contribution in [1.82, 2.24) is 4.98 Å². The molecule has 1 aromatic heterocycles. The molecule has 0 aliphatic heterocycles. The highest BCUT2D eigenvalue weighted by atomic mass is 19.1. The molecule has 0 unspecified atom stereocenters. The van der Waals surface area contributed by atoms with E-state index < -0.39 is 11.6 Å². The maximum atomic E-state index is 13.8. The van der Waals surface area contributed by atoms with Gasteiger partial charge in [0.25, 0.3) is 0 Å². The molecule has 6 heteroatoms. The molecule has 0 atom stereocenters. The van der Waals surface area contributed by atoms with Crippen molar-refractivity contribution in [3.05, 3.63) is 72.3 Å². The summed E-state index contributed by atoms with van der Waals surface area (Å²) in [5.41, 5.74) is 0.531. The predicted octanol–water partition coefficient (Wildman–Crippen LogP) is 4.22. The second-order valence-electron chi connectivity index (χ2n) is 5.50. The van der Waals surface area contributed by atoms with Gasteiger partial charge in [0, 0.05) is 25.6 Å². The van der Waals surface area contributed by atoms with Crippen LogP contribution >= 0.6 is 0 Å². The van der Waals surface area contributed by atoms with Crippen LogP contribution in [0.3, 0.4) is 0 Å². The van der Waals surface area contributed by atoms with Crippen LogP contribution in [0.1, 0.15) is 12.3 Å². The van der Waals surface area contributed by atoms with Gasteiger partial charge in [-0.1, -0.05) is 24.3 Å². The largest absolute Gasteiger partial charge is 0.441 e. The molecular weight excluding hydrogens is 326 g/mol. The molecular formula is C19H16F2N2O2. The van der Waals surface area contributed by atoms with Crippen molar-refractivity contribution in [1.29, 1.82) is 0 Å². The van der Waals surface area contributed by atoms with Gasteiger partial charge in [0.05, 0.1) is 11.8 Å². The van der Waals surface area contributed by atoms with Gasteiger partial charge in [0.2, 0.25) is 5.91 Å². The van der Waals surface area contributed by atoms with E-state index in [1.807, 2.05) is 30.3 Å². The van der Waals surface area contributed by atoms with E-state index in [-0.39, 0.29) is 36.0 Å². The number of carbonyl (C=O) groups is 1. The number of oxazole rings is 1. The number of aryl methyl sites for hydroxylation is 1. The van der Waals surface area contributed by atoms with Crippen LogP contribution in [0.25, 0.3) is 11.3 Å². The first kappa shape index (κ1) is 16.8. The van der Waals surface area contributed by atoms with E-state index >= 15 is 0 Å². The van der Waals surface area contributed by atoms with Gasteiger partial charge < -0.3 is 9.32 Å². The maximum absolute atomic E-state index is 13.8. The Morgan fingerprint density at radius 2 is 1.76 bits per heavy atom. The van der Waals surface area contributed by atoms with E-state index in [2.05, 4.69) is 4.98 Å². The number of anilines is 1. The summed E-state index contributed by atoms with van der Waals surface area (Å²) in [5, 5.41) is 0. The van der Waals surface area contributed by atoms with Crippen LogP contribution in [-0.4, -0.2) is 17.9 Å². The number of halogens is 2. The van der Waals surface area contributed by atoms with Crippen molar-refractivity contribution in [3.8, 4) is 11.3 Å². The van der Waals surface area contributed by atoms with Crippen molar-refractivity contribution in [2.24, 2.45) is 0 Å². The third-order valence-electron chi connectivity index (χ3n) is 3.83. The first-order valence-electron chi connectivity index (χ1n) is 7.77. The van der Waals surface area contributed by atoms with Gasteiger partial charge in [0.15, 0.2) is 11.7 Å². The summed E-state index contributed by atoms with van der Waals surface area (Å²) in [6.45, 7) is 0. The van der Waals surface area contributed by atoms with E-state index in [0.717, 1.165) is 17.8 Å². The molecule has 4 nitrogen and oxygen atoms in total. The van der Waals surface area contributed by atoms with Crippen LogP contribution in [0.4, 0.5) is 14.5 Å². The summed E-state index contributed by atoms with van der Waals surface area (Å²) >= 11 is 0. The lowest BCUT2D eigenvalue weighted by atomic mass is 10.1. The summed E-state index contributed by atoms with van der Waals surface area (Å²) in [4.78, 5) is 17.8. The zero-order valence-electron chi connectivity index (χ0n) is 13.6. The fraction of sp³-hybridized carbons (Fsp3) is 0.158. The Morgan fingerprint density at radius 3 is 2.44 bits per heavy atom. The fourth-order valence-corrected chi connectivity index (χ4v) is 2.45. The molecule has 0 saturated heterocycles. The summed E-state index contributed by atoms with van der Waals surface area (Å²) < 4.78 is 32.9. The Morgan fingerprint density at radius 1 is 1.08 bits per heavy atom. The number of nitrogens with zero attached hydrogens (tertiary/aromatic N) is 2. The number of para-hydroxylation sites is 1. The minimum absolute atomic E-state index is 0.00876. The molecule has 1 amide bonds. The van der Waals surface area contributed by atoms with E-state index in [9.17, 15) is 13.6 Å². The molecule has 0 aliphatic rings. The summed E-state index contributed by atoms with van der Waals surface area (Å²) in [5.74, 6) is -1.28. The summed E-state index contributed by atoms with van der Waals surface area (Å²) in [7, 11) is 1.69. The molecule has 3 rings (SSSR count). The molecule has 0 N–H and O–H groups in total. The normalized spacial score (nSPS) is 10.7. The van der Waals surface area contributed by atoms with Gasteiger partial charge in [-0.05, 0) is 24.3 Å². The summed E-state index contributed by atoms with van der Waals surface area (Å²) in [6, 6.07) is 12.8. The third kappa shape index (κ3) is 3.74. The molecule has 0 fully saturated rings. The van der Waals surface area contributed by atoms with Gasteiger partial charge in [-0.3, -0.25) is 4.79 Å². The van der Waals surface area contributed by atoms with E-state index in [1.54, 1.807) is 11.9 Å². The lowest BCUT2D eigenvalue weighted by Gasteiger charge is -2.16. The van der Waals surface area contributed by atoms with Gasteiger partial charge in [-0.15, -0.1) is 0 Å². The second-order valence-corrected chi connectivity index (χ2v) is 5.50. The maximum Gasteiger partial charge on any atom is 0.227 e. The van der Waals surface area contributed by atoms with Crippen molar-refractivity contribution < 1.29 is 18.0 Å². The second kappa shape index (κ2) is 7.25. The molecule has 0 radical (unpaired) electrons. The number of rotatable bonds is 5. The molecule has 25 heavy (non-hydrogen) atoms. The minimum Gasteiger partial charge on any atom is -0.441 e. The molecule has 3 aromatic rings. The van der Waals surface area contributed by atoms with Crippen molar-refractivity contribution in [3.63, 3.8) is 0 Å². The Kier molecular flexibility index (Phi) is 4.88. The monoisotopic (exact) mass is 342 g/mol. The Hall–Kier alpha value is -3.02. The highest BCUT2D eigenvalue weighted by Gasteiger charge is 2.17. The Bertz CT molecular complexity index is 858. The molecule has 0 spiro atoms. The van der Waals surface area contributed by atoms with E-state index in [1.165, 1.54) is 12.3 Å². The number of carbonyl (C=O) groups excluding carboxylic acids is 1. The minimum atomic E-state index is -0.720. The topological polar surface area (TPSA) is 46.3 Å². The molecule has 1 heterocycles. The quantitative estimate of drug-likeness (QED) is 0.697. The smallest absolute Gasteiger partial charge is 0.227 e. The number of aromatic nitrogens is 1. The Balaban J connectivity index is 1.67. The lowest BCUT2D eigenvalue weighted by Crippen LogP contribution is -2.26. The predicted molar refractivity (Wildman–Crippen MR) is 90.0 cm³/mol. The van der Waals surface area contributed by atoms with Crippen LogP contribution in [0.15, 0.2) is 59.1 Å². The van der Waals surface area contributed by atoms with Crippen LogP contribution < -0.4 is 4.90 Å². The van der Waals surface area contributed by atoms with Gasteiger partial charge in [-0.25, -0.2) is 13.8 Å². The molecule has 0 bridgehead atoms. The highest BCUT2D eigenvalue weighted by Crippen LogP contribution is 2.27. The molecule has 2 aromatic carbocycles. The van der Waals surface area contributed by atoms with Gasteiger partial charge in [0.1, 0.15) is 11.6 Å².